The third kappa shape index (κ3) is 2.76. The van der Waals surface area contributed by atoms with Gasteiger partial charge in [-0.05, 0) is 33.3 Å². The molecule has 5 atom stereocenters. The van der Waals surface area contributed by atoms with Crippen LogP contribution < -0.4 is 0 Å². The standard InChI is InChI=1S/C21H28N2O6/c1-13(2)22-9-4-8-21-14(15-19(27)28-12-5-7-20(15,3)29-21)17(25)23(10-6-11-24)16(21)18(22)26/h4-5,7-8,13-16,24H,6,9-12H2,1-3H3/t14-,15-,16?,20+,21-/m0/s1. The maximum atomic E-state index is 13.6. The molecule has 4 aliphatic rings. The van der Waals surface area contributed by atoms with Gasteiger partial charge in [0.05, 0.1) is 11.5 Å². The van der Waals surface area contributed by atoms with Gasteiger partial charge in [-0.3, -0.25) is 14.4 Å². The fraction of sp³-hybridized carbons (Fsp3) is 0.667. The summed E-state index contributed by atoms with van der Waals surface area (Å²) in [6.07, 6.45) is 7.51. The monoisotopic (exact) mass is 404 g/mol. The maximum absolute atomic E-state index is 13.6. The van der Waals surface area contributed by atoms with Gasteiger partial charge in [-0.1, -0.05) is 18.2 Å². The number of hydrogen-bond donors (Lipinski definition) is 1. The SMILES string of the molecule is CC(C)N1CC=C[C@]23O[C@]4(C)C=CCOC(=O)[C@@H]4[C@H]2C(=O)N(CCCO)C3C1=O. The van der Waals surface area contributed by atoms with Gasteiger partial charge >= 0.3 is 5.97 Å². The van der Waals surface area contributed by atoms with Crippen LogP contribution in [0.1, 0.15) is 27.2 Å². The highest BCUT2D eigenvalue weighted by atomic mass is 16.6. The Bertz CT molecular complexity index is 792. The van der Waals surface area contributed by atoms with Crippen LogP contribution in [0.25, 0.3) is 0 Å². The Hall–Kier alpha value is -2.19. The number of carbonyl (C=O) groups excluding carboxylic acids is 3. The van der Waals surface area contributed by atoms with Crippen LogP contribution in [-0.4, -0.2) is 82.3 Å². The molecular formula is C21H28N2O6. The molecule has 8 heteroatoms. The number of ether oxygens (including phenoxy) is 2. The van der Waals surface area contributed by atoms with E-state index in [1.807, 2.05) is 19.9 Å². The summed E-state index contributed by atoms with van der Waals surface area (Å²) in [7, 11) is 0. The third-order valence-corrected chi connectivity index (χ3v) is 6.52. The molecule has 2 amide bonds. The van der Waals surface area contributed by atoms with Crippen LogP contribution in [0.4, 0.5) is 0 Å². The van der Waals surface area contributed by atoms with E-state index in [4.69, 9.17) is 9.47 Å². The summed E-state index contributed by atoms with van der Waals surface area (Å²) in [6, 6.07) is -0.930. The Morgan fingerprint density at radius 3 is 2.62 bits per heavy atom. The molecule has 158 valence electrons. The number of likely N-dealkylation sites (tertiary alicyclic amines) is 1. The Balaban J connectivity index is 1.87. The molecule has 0 bridgehead atoms. The molecular weight excluding hydrogens is 376 g/mol. The van der Waals surface area contributed by atoms with E-state index in [0.717, 1.165) is 0 Å². The fourth-order valence-electron chi connectivity index (χ4n) is 5.32. The molecule has 0 saturated carbocycles. The van der Waals surface area contributed by atoms with Crippen LogP contribution >= 0.6 is 0 Å². The van der Waals surface area contributed by atoms with Crippen molar-refractivity contribution in [1.29, 1.82) is 0 Å². The quantitative estimate of drug-likeness (QED) is 0.533. The first-order chi connectivity index (χ1) is 13.8. The van der Waals surface area contributed by atoms with Crippen LogP contribution in [0.3, 0.4) is 0 Å². The number of fused-ring (bicyclic) bond motifs is 2. The van der Waals surface area contributed by atoms with Crippen LogP contribution in [0, 0.1) is 11.8 Å². The van der Waals surface area contributed by atoms with E-state index in [-0.39, 0.29) is 37.6 Å². The summed E-state index contributed by atoms with van der Waals surface area (Å²) in [5.41, 5.74) is -2.28. The number of amides is 2. The van der Waals surface area contributed by atoms with Gasteiger partial charge in [0.1, 0.15) is 24.2 Å². The predicted octanol–water partition coefficient (Wildman–Crippen LogP) is 0.260. The highest BCUT2D eigenvalue weighted by Crippen LogP contribution is 2.57. The summed E-state index contributed by atoms with van der Waals surface area (Å²) in [5, 5.41) is 9.32. The number of cyclic esters (lactones) is 1. The predicted molar refractivity (Wildman–Crippen MR) is 102 cm³/mol. The first-order valence-corrected chi connectivity index (χ1v) is 10.2. The normalized spacial score (nSPS) is 38.7. The van der Waals surface area contributed by atoms with Crippen molar-refractivity contribution in [3.63, 3.8) is 0 Å². The molecule has 0 aromatic carbocycles. The molecule has 1 spiro atoms. The van der Waals surface area contributed by atoms with Crippen molar-refractivity contribution in [3.05, 3.63) is 24.3 Å². The lowest BCUT2D eigenvalue weighted by atomic mass is 9.75. The topological polar surface area (TPSA) is 96.4 Å². The molecule has 4 aliphatic heterocycles. The fourth-order valence-corrected chi connectivity index (χ4v) is 5.32. The van der Waals surface area contributed by atoms with Gasteiger partial charge in [-0.15, -0.1) is 0 Å². The van der Waals surface area contributed by atoms with Gasteiger partial charge in [0.2, 0.25) is 11.8 Å². The Morgan fingerprint density at radius 1 is 1.17 bits per heavy atom. The second kappa shape index (κ2) is 6.95. The van der Waals surface area contributed by atoms with Crippen molar-refractivity contribution in [2.75, 3.05) is 26.3 Å². The first kappa shape index (κ1) is 20.1. The second-order valence-electron chi connectivity index (χ2n) is 8.63. The van der Waals surface area contributed by atoms with E-state index in [1.165, 1.54) is 4.90 Å². The van der Waals surface area contributed by atoms with Gasteiger partial charge in [0, 0.05) is 25.7 Å². The summed E-state index contributed by atoms with van der Waals surface area (Å²) in [4.78, 5) is 43.2. The van der Waals surface area contributed by atoms with Gasteiger partial charge < -0.3 is 24.4 Å². The number of esters is 1. The number of hydrogen-bond acceptors (Lipinski definition) is 6. The van der Waals surface area contributed by atoms with Crippen molar-refractivity contribution in [1.82, 2.24) is 9.80 Å². The van der Waals surface area contributed by atoms with Crippen LogP contribution in [-0.2, 0) is 23.9 Å². The smallest absolute Gasteiger partial charge is 0.313 e. The minimum Gasteiger partial charge on any atom is -0.461 e. The number of rotatable bonds is 4. The van der Waals surface area contributed by atoms with Crippen molar-refractivity contribution < 1.29 is 29.0 Å². The zero-order valence-corrected chi connectivity index (χ0v) is 17.0. The number of carbonyl (C=O) groups is 3. The Morgan fingerprint density at radius 2 is 1.93 bits per heavy atom. The molecule has 0 aliphatic carbocycles. The van der Waals surface area contributed by atoms with Crippen molar-refractivity contribution in [2.24, 2.45) is 11.8 Å². The van der Waals surface area contributed by atoms with Crippen LogP contribution in [0.15, 0.2) is 24.3 Å². The third-order valence-electron chi connectivity index (χ3n) is 6.52. The molecule has 4 heterocycles. The van der Waals surface area contributed by atoms with Gasteiger partial charge in [0.25, 0.3) is 0 Å². The summed E-state index contributed by atoms with van der Waals surface area (Å²) >= 11 is 0. The van der Waals surface area contributed by atoms with E-state index in [0.29, 0.717) is 13.0 Å². The molecule has 0 aromatic heterocycles. The molecule has 1 unspecified atom stereocenters. The average molecular weight is 404 g/mol. The van der Waals surface area contributed by atoms with Gasteiger partial charge in [0.15, 0.2) is 0 Å². The molecule has 2 saturated heterocycles. The Labute approximate surface area is 170 Å². The van der Waals surface area contributed by atoms with E-state index < -0.39 is 35.0 Å². The number of aliphatic hydroxyl groups is 1. The second-order valence-corrected chi connectivity index (χ2v) is 8.63. The maximum Gasteiger partial charge on any atom is 0.313 e. The summed E-state index contributed by atoms with van der Waals surface area (Å²) < 4.78 is 11.8. The molecule has 4 rings (SSSR count). The highest BCUT2D eigenvalue weighted by Gasteiger charge is 2.74. The van der Waals surface area contributed by atoms with E-state index in [9.17, 15) is 19.5 Å². The number of nitrogens with zero attached hydrogens (tertiary/aromatic N) is 2. The lowest BCUT2D eigenvalue weighted by Crippen LogP contribution is -2.57. The van der Waals surface area contributed by atoms with Crippen molar-refractivity contribution >= 4 is 17.8 Å². The van der Waals surface area contributed by atoms with Crippen LogP contribution in [0.2, 0.25) is 0 Å². The molecule has 29 heavy (non-hydrogen) atoms. The van der Waals surface area contributed by atoms with E-state index >= 15 is 0 Å². The minimum atomic E-state index is -1.24. The lowest BCUT2D eigenvalue weighted by molar-refractivity contribution is -0.158. The van der Waals surface area contributed by atoms with Crippen molar-refractivity contribution in [2.45, 2.75) is 50.5 Å². The summed E-state index contributed by atoms with van der Waals surface area (Å²) in [5.74, 6) is -2.66. The minimum absolute atomic E-state index is 0.0523. The average Bonchev–Trinajstić information content (AvgIpc) is 2.90. The molecule has 0 radical (unpaired) electrons. The number of aliphatic hydroxyl groups excluding tert-OH is 1. The zero-order chi connectivity index (χ0) is 21.0. The lowest BCUT2D eigenvalue weighted by Gasteiger charge is -2.38. The molecule has 2 fully saturated rings. The van der Waals surface area contributed by atoms with Gasteiger partial charge in [-0.2, -0.15) is 0 Å². The largest absolute Gasteiger partial charge is 0.461 e. The zero-order valence-electron chi connectivity index (χ0n) is 17.0. The molecule has 1 N–H and O–H groups in total. The molecule has 8 nitrogen and oxygen atoms in total. The van der Waals surface area contributed by atoms with Crippen LogP contribution in [0.5, 0.6) is 0 Å². The molecule has 0 aromatic rings. The van der Waals surface area contributed by atoms with Crippen molar-refractivity contribution in [3.8, 4) is 0 Å². The summed E-state index contributed by atoms with van der Waals surface area (Å²) in [6.45, 7) is 6.30. The first-order valence-electron chi connectivity index (χ1n) is 10.2. The van der Waals surface area contributed by atoms with E-state index in [2.05, 4.69) is 0 Å². The van der Waals surface area contributed by atoms with Gasteiger partial charge in [-0.25, -0.2) is 0 Å². The van der Waals surface area contributed by atoms with E-state index in [1.54, 1.807) is 30.1 Å². The highest BCUT2D eigenvalue weighted by molar-refractivity contribution is 5.99. The Kier molecular flexibility index (Phi) is 4.82.